The van der Waals surface area contributed by atoms with E-state index in [0.717, 1.165) is 36.9 Å². The summed E-state index contributed by atoms with van der Waals surface area (Å²) in [5.74, 6) is 1.64. The Labute approximate surface area is 163 Å². The molecule has 1 unspecified atom stereocenters. The SMILES string of the molecule is c1ccc(-c2nc(-c3cnccn3)no2)c(OC2CCN(C3CCCC3)C2)c1. The van der Waals surface area contributed by atoms with Crippen LogP contribution >= 0.6 is 0 Å². The molecule has 1 saturated carbocycles. The molecule has 1 aliphatic heterocycles. The van der Waals surface area contributed by atoms with Crippen molar-refractivity contribution in [3.63, 3.8) is 0 Å². The van der Waals surface area contributed by atoms with Crippen LogP contribution in [0.2, 0.25) is 0 Å². The molecule has 1 atom stereocenters. The lowest BCUT2D eigenvalue weighted by molar-refractivity contribution is 0.179. The summed E-state index contributed by atoms with van der Waals surface area (Å²) in [5, 5.41) is 4.05. The molecule has 7 heteroatoms. The summed E-state index contributed by atoms with van der Waals surface area (Å²) in [6.07, 6.45) is 11.5. The summed E-state index contributed by atoms with van der Waals surface area (Å²) in [5.41, 5.74) is 1.39. The number of ether oxygens (including phenoxy) is 1. The number of nitrogens with zero attached hydrogens (tertiary/aromatic N) is 5. The van der Waals surface area contributed by atoms with E-state index in [2.05, 4.69) is 25.0 Å². The number of hydrogen-bond acceptors (Lipinski definition) is 7. The maximum absolute atomic E-state index is 6.37. The van der Waals surface area contributed by atoms with E-state index in [4.69, 9.17) is 9.26 Å². The Morgan fingerprint density at radius 2 is 1.96 bits per heavy atom. The van der Waals surface area contributed by atoms with Crippen molar-refractivity contribution in [2.45, 2.75) is 44.2 Å². The first-order valence-corrected chi connectivity index (χ1v) is 9.97. The fourth-order valence-corrected chi connectivity index (χ4v) is 4.23. The van der Waals surface area contributed by atoms with Gasteiger partial charge in [-0.25, -0.2) is 4.98 Å². The van der Waals surface area contributed by atoms with Crippen molar-refractivity contribution in [2.75, 3.05) is 13.1 Å². The highest BCUT2D eigenvalue weighted by atomic mass is 16.5. The zero-order valence-corrected chi connectivity index (χ0v) is 15.7. The largest absolute Gasteiger partial charge is 0.488 e. The molecule has 1 aliphatic carbocycles. The zero-order valence-electron chi connectivity index (χ0n) is 15.7. The van der Waals surface area contributed by atoms with E-state index in [1.54, 1.807) is 18.6 Å². The van der Waals surface area contributed by atoms with Gasteiger partial charge in [0.05, 0.1) is 11.8 Å². The topological polar surface area (TPSA) is 77.2 Å². The van der Waals surface area contributed by atoms with Crippen molar-refractivity contribution in [2.24, 2.45) is 0 Å². The third kappa shape index (κ3) is 3.49. The second kappa shape index (κ2) is 7.67. The van der Waals surface area contributed by atoms with Crippen LogP contribution in [0.3, 0.4) is 0 Å². The fraction of sp³-hybridized carbons (Fsp3) is 0.429. The molecule has 0 bridgehead atoms. The number of likely N-dealkylation sites (tertiary alicyclic amines) is 1. The molecule has 144 valence electrons. The molecule has 0 spiro atoms. The van der Waals surface area contributed by atoms with Crippen molar-refractivity contribution in [3.05, 3.63) is 42.9 Å². The Bertz CT molecular complexity index is 923. The van der Waals surface area contributed by atoms with Gasteiger partial charge in [0.2, 0.25) is 5.82 Å². The first-order chi connectivity index (χ1) is 13.9. The Morgan fingerprint density at radius 1 is 1.07 bits per heavy atom. The molecule has 2 fully saturated rings. The van der Waals surface area contributed by atoms with Crippen molar-refractivity contribution in [3.8, 4) is 28.7 Å². The van der Waals surface area contributed by atoms with Crippen molar-refractivity contribution in [1.82, 2.24) is 25.0 Å². The monoisotopic (exact) mass is 377 g/mol. The molecular weight excluding hydrogens is 354 g/mol. The predicted molar refractivity (Wildman–Crippen MR) is 104 cm³/mol. The lowest BCUT2D eigenvalue weighted by Gasteiger charge is -2.23. The standard InChI is InChI=1S/C21H23N5O2/c1-2-6-15(5-1)26-12-9-16(14-26)27-19-8-4-3-7-17(19)21-24-20(25-28-21)18-13-22-10-11-23-18/h3-4,7-8,10-11,13,15-16H,1-2,5-6,9,12,14H2. The van der Waals surface area contributed by atoms with Gasteiger partial charge in [-0.05, 0) is 31.4 Å². The average Bonchev–Trinajstić information content (AvgIpc) is 3.50. The van der Waals surface area contributed by atoms with Crippen molar-refractivity contribution in [1.29, 1.82) is 0 Å². The lowest BCUT2D eigenvalue weighted by atomic mass is 10.2. The van der Waals surface area contributed by atoms with Crippen molar-refractivity contribution >= 4 is 0 Å². The molecule has 2 aromatic heterocycles. The van der Waals surface area contributed by atoms with Gasteiger partial charge < -0.3 is 9.26 Å². The molecule has 28 heavy (non-hydrogen) atoms. The minimum atomic E-state index is 0.198. The molecule has 7 nitrogen and oxygen atoms in total. The van der Waals surface area contributed by atoms with Crippen LogP contribution in [0.1, 0.15) is 32.1 Å². The van der Waals surface area contributed by atoms with E-state index in [0.29, 0.717) is 17.4 Å². The average molecular weight is 377 g/mol. The first-order valence-electron chi connectivity index (χ1n) is 9.97. The van der Waals surface area contributed by atoms with E-state index >= 15 is 0 Å². The van der Waals surface area contributed by atoms with Gasteiger partial charge in [0.15, 0.2) is 0 Å². The van der Waals surface area contributed by atoms with Crippen LogP contribution in [0, 0.1) is 0 Å². The Kier molecular flexibility index (Phi) is 4.74. The normalized spacial score (nSPS) is 20.6. The van der Waals surface area contributed by atoms with E-state index < -0.39 is 0 Å². The highest BCUT2D eigenvalue weighted by molar-refractivity contribution is 5.64. The quantitative estimate of drug-likeness (QED) is 0.672. The molecular formula is C21H23N5O2. The maximum atomic E-state index is 6.37. The predicted octanol–water partition coefficient (Wildman–Crippen LogP) is 3.59. The van der Waals surface area contributed by atoms with Gasteiger partial charge in [0.1, 0.15) is 17.5 Å². The summed E-state index contributed by atoms with van der Waals surface area (Å²) in [4.78, 5) is 15.4. The van der Waals surface area contributed by atoms with E-state index in [9.17, 15) is 0 Å². The number of benzene rings is 1. The molecule has 1 saturated heterocycles. The third-order valence-corrected chi connectivity index (χ3v) is 5.65. The minimum absolute atomic E-state index is 0.198. The second-order valence-electron chi connectivity index (χ2n) is 7.47. The molecule has 1 aromatic carbocycles. The molecule has 0 radical (unpaired) electrons. The summed E-state index contributed by atoms with van der Waals surface area (Å²) in [6.45, 7) is 2.11. The number of hydrogen-bond donors (Lipinski definition) is 0. The number of rotatable bonds is 5. The van der Waals surface area contributed by atoms with Gasteiger partial charge in [0.25, 0.3) is 5.89 Å². The lowest BCUT2D eigenvalue weighted by Crippen LogP contribution is -2.32. The number of para-hydroxylation sites is 1. The van der Waals surface area contributed by atoms with Crippen LogP contribution in [0.4, 0.5) is 0 Å². The highest BCUT2D eigenvalue weighted by Crippen LogP contribution is 2.33. The van der Waals surface area contributed by atoms with Crippen LogP contribution in [-0.4, -0.2) is 50.2 Å². The molecule has 0 N–H and O–H groups in total. The second-order valence-corrected chi connectivity index (χ2v) is 7.47. The van der Waals surface area contributed by atoms with Gasteiger partial charge in [0, 0.05) is 31.5 Å². The van der Waals surface area contributed by atoms with Gasteiger partial charge >= 0.3 is 0 Å². The maximum Gasteiger partial charge on any atom is 0.262 e. The molecule has 0 amide bonds. The van der Waals surface area contributed by atoms with Gasteiger partial charge in [-0.2, -0.15) is 4.98 Å². The first kappa shape index (κ1) is 17.3. The summed E-state index contributed by atoms with van der Waals surface area (Å²) in [6, 6.07) is 8.60. The number of aromatic nitrogens is 4. The van der Waals surface area contributed by atoms with Crippen LogP contribution in [0.5, 0.6) is 5.75 Å². The molecule has 3 heterocycles. The van der Waals surface area contributed by atoms with Crippen LogP contribution in [0.25, 0.3) is 23.0 Å². The third-order valence-electron chi connectivity index (χ3n) is 5.65. The Balaban J connectivity index is 1.33. The zero-order chi connectivity index (χ0) is 18.8. The van der Waals surface area contributed by atoms with Gasteiger partial charge in [-0.3, -0.25) is 9.88 Å². The van der Waals surface area contributed by atoms with Gasteiger partial charge in [-0.1, -0.05) is 30.1 Å². The van der Waals surface area contributed by atoms with E-state index in [-0.39, 0.29) is 6.10 Å². The van der Waals surface area contributed by atoms with Gasteiger partial charge in [-0.15, -0.1) is 0 Å². The highest BCUT2D eigenvalue weighted by Gasteiger charge is 2.31. The summed E-state index contributed by atoms with van der Waals surface area (Å²) >= 11 is 0. The molecule has 3 aromatic rings. The summed E-state index contributed by atoms with van der Waals surface area (Å²) < 4.78 is 11.9. The Morgan fingerprint density at radius 3 is 2.82 bits per heavy atom. The van der Waals surface area contributed by atoms with E-state index in [1.165, 1.54) is 25.7 Å². The van der Waals surface area contributed by atoms with Crippen molar-refractivity contribution < 1.29 is 9.26 Å². The Hall–Kier alpha value is -2.80. The van der Waals surface area contributed by atoms with Crippen LogP contribution < -0.4 is 4.74 Å². The molecule has 2 aliphatic rings. The fourth-order valence-electron chi connectivity index (χ4n) is 4.23. The minimum Gasteiger partial charge on any atom is -0.488 e. The van der Waals surface area contributed by atoms with E-state index in [1.807, 2.05) is 24.3 Å². The van der Waals surface area contributed by atoms with Crippen LogP contribution in [0.15, 0.2) is 47.4 Å². The molecule has 5 rings (SSSR count). The smallest absolute Gasteiger partial charge is 0.262 e. The summed E-state index contributed by atoms with van der Waals surface area (Å²) in [7, 11) is 0. The van der Waals surface area contributed by atoms with Crippen LogP contribution in [-0.2, 0) is 0 Å².